The zero-order chi connectivity index (χ0) is 20.1. The van der Waals surface area contributed by atoms with E-state index in [-0.39, 0.29) is 12.5 Å². The first-order valence-corrected chi connectivity index (χ1v) is 9.83. The van der Waals surface area contributed by atoms with Crippen molar-refractivity contribution in [2.75, 3.05) is 7.05 Å². The van der Waals surface area contributed by atoms with Gasteiger partial charge in [-0.3, -0.25) is 4.79 Å². The number of carbonyl (C=O) groups excluding carboxylic acids is 1. The Labute approximate surface area is 172 Å². The molecule has 0 radical (unpaired) electrons. The summed E-state index contributed by atoms with van der Waals surface area (Å²) in [5.41, 5.74) is 1.83. The Morgan fingerprint density at radius 3 is 2.75 bits per heavy atom. The maximum absolute atomic E-state index is 12.8. The van der Waals surface area contributed by atoms with Crippen molar-refractivity contribution in [1.82, 2.24) is 15.0 Å². The molecule has 1 amide bonds. The number of carbonyl (C=O) groups is 1. The van der Waals surface area contributed by atoms with Crippen LogP contribution < -0.4 is 4.74 Å². The van der Waals surface area contributed by atoms with Gasteiger partial charge >= 0.3 is 0 Å². The molecule has 1 heterocycles. The summed E-state index contributed by atoms with van der Waals surface area (Å²) >= 11 is 3.43. The van der Waals surface area contributed by atoms with Crippen molar-refractivity contribution in [3.63, 3.8) is 0 Å². The highest BCUT2D eigenvalue weighted by molar-refractivity contribution is 9.10. The highest BCUT2D eigenvalue weighted by Gasteiger charge is 2.24. The highest BCUT2D eigenvalue weighted by Crippen LogP contribution is 2.22. The van der Waals surface area contributed by atoms with Crippen molar-refractivity contribution in [3.8, 4) is 17.1 Å². The number of hydrogen-bond acceptors (Lipinski definition) is 5. The predicted molar refractivity (Wildman–Crippen MR) is 110 cm³/mol. The highest BCUT2D eigenvalue weighted by atomic mass is 79.9. The number of amides is 1. The van der Waals surface area contributed by atoms with Gasteiger partial charge in [-0.25, -0.2) is 0 Å². The quantitative estimate of drug-likeness (QED) is 0.532. The maximum Gasteiger partial charge on any atom is 0.263 e. The van der Waals surface area contributed by atoms with E-state index >= 15 is 0 Å². The number of aryl methyl sites for hydroxylation is 1. The molecule has 0 saturated carbocycles. The zero-order valence-corrected chi connectivity index (χ0v) is 17.6. The van der Waals surface area contributed by atoms with Gasteiger partial charge in [0.1, 0.15) is 5.75 Å². The molecule has 0 fully saturated rings. The predicted octanol–water partition coefficient (Wildman–Crippen LogP) is 4.62. The van der Waals surface area contributed by atoms with E-state index in [1.165, 1.54) is 0 Å². The number of benzene rings is 2. The number of rotatable bonds is 7. The van der Waals surface area contributed by atoms with E-state index in [4.69, 9.17) is 9.26 Å². The van der Waals surface area contributed by atoms with Crippen LogP contribution in [0.1, 0.15) is 24.8 Å². The van der Waals surface area contributed by atoms with Gasteiger partial charge in [0.25, 0.3) is 5.91 Å². The third kappa shape index (κ3) is 4.78. The van der Waals surface area contributed by atoms with Gasteiger partial charge in [-0.1, -0.05) is 58.3 Å². The van der Waals surface area contributed by atoms with Gasteiger partial charge in [0.2, 0.25) is 11.7 Å². The van der Waals surface area contributed by atoms with Gasteiger partial charge in [0.15, 0.2) is 6.10 Å². The molecule has 6 nitrogen and oxygen atoms in total. The first-order valence-electron chi connectivity index (χ1n) is 9.03. The number of aromatic nitrogens is 2. The average molecular weight is 444 g/mol. The number of nitrogens with zero attached hydrogens (tertiary/aromatic N) is 3. The molecule has 0 N–H and O–H groups in total. The Bertz CT molecular complexity index is 957. The second-order valence-electron chi connectivity index (χ2n) is 6.50. The first-order chi connectivity index (χ1) is 13.5. The Morgan fingerprint density at radius 1 is 1.25 bits per heavy atom. The maximum atomic E-state index is 12.8. The lowest BCUT2D eigenvalue weighted by Crippen LogP contribution is -2.39. The van der Waals surface area contributed by atoms with Crippen molar-refractivity contribution in [2.45, 2.75) is 32.9 Å². The lowest BCUT2D eigenvalue weighted by molar-refractivity contribution is -0.138. The van der Waals surface area contributed by atoms with Gasteiger partial charge in [-0.05, 0) is 37.1 Å². The standard InChI is InChI=1S/C21H22BrN3O3/c1-4-17(27-18-11-6-5-8-14(18)2)21(26)25(3)13-19-23-20(24-28-19)15-9-7-10-16(22)12-15/h5-12,17H,4,13H2,1-3H3. The lowest BCUT2D eigenvalue weighted by Gasteiger charge is -2.23. The number of para-hydroxylation sites is 1. The molecule has 0 bridgehead atoms. The minimum absolute atomic E-state index is 0.132. The summed E-state index contributed by atoms with van der Waals surface area (Å²) < 4.78 is 12.2. The van der Waals surface area contributed by atoms with Gasteiger partial charge < -0.3 is 14.2 Å². The second-order valence-corrected chi connectivity index (χ2v) is 7.41. The Kier molecular flexibility index (Phi) is 6.46. The Hall–Kier alpha value is -2.67. The molecule has 0 aliphatic carbocycles. The van der Waals surface area contributed by atoms with Crippen LogP contribution in [0.5, 0.6) is 5.75 Å². The number of likely N-dealkylation sites (N-methyl/N-ethyl adjacent to an activating group) is 1. The van der Waals surface area contributed by atoms with Gasteiger partial charge in [-0.15, -0.1) is 0 Å². The molecule has 28 heavy (non-hydrogen) atoms. The molecule has 3 aromatic rings. The SMILES string of the molecule is CCC(Oc1ccccc1C)C(=O)N(C)Cc1nc(-c2cccc(Br)c2)no1. The van der Waals surface area contributed by atoms with Crippen LogP contribution >= 0.6 is 15.9 Å². The molecular weight excluding hydrogens is 422 g/mol. The van der Waals surface area contributed by atoms with E-state index in [1.54, 1.807) is 11.9 Å². The number of hydrogen-bond donors (Lipinski definition) is 0. The van der Waals surface area contributed by atoms with Crippen LogP contribution in [0.25, 0.3) is 11.4 Å². The molecule has 1 unspecified atom stereocenters. The van der Waals surface area contributed by atoms with Crippen LogP contribution in [0.3, 0.4) is 0 Å². The molecule has 1 atom stereocenters. The summed E-state index contributed by atoms with van der Waals surface area (Å²) in [6.07, 6.45) is -0.0106. The monoisotopic (exact) mass is 443 g/mol. The molecule has 7 heteroatoms. The Morgan fingerprint density at radius 2 is 2.04 bits per heavy atom. The van der Waals surface area contributed by atoms with E-state index in [0.717, 1.165) is 15.6 Å². The van der Waals surface area contributed by atoms with Crippen LogP contribution in [-0.2, 0) is 11.3 Å². The minimum atomic E-state index is -0.571. The Balaban J connectivity index is 1.67. The lowest BCUT2D eigenvalue weighted by atomic mass is 10.2. The van der Waals surface area contributed by atoms with Crippen LogP contribution in [0, 0.1) is 6.92 Å². The molecule has 3 rings (SSSR count). The fourth-order valence-corrected chi connectivity index (χ4v) is 3.14. The average Bonchev–Trinajstić information content (AvgIpc) is 3.15. The third-order valence-electron chi connectivity index (χ3n) is 4.31. The smallest absolute Gasteiger partial charge is 0.263 e. The van der Waals surface area contributed by atoms with E-state index in [9.17, 15) is 4.79 Å². The van der Waals surface area contributed by atoms with Crippen LogP contribution in [0.4, 0.5) is 0 Å². The van der Waals surface area contributed by atoms with Gasteiger partial charge in [0.05, 0.1) is 6.54 Å². The molecule has 1 aromatic heterocycles. The van der Waals surface area contributed by atoms with Crippen molar-refractivity contribution >= 4 is 21.8 Å². The van der Waals surface area contributed by atoms with Gasteiger partial charge in [-0.2, -0.15) is 4.98 Å². The fourth-order valence-electron chi connectivity index (χ4n) is 2.74. The molecule has 0 saturated heterocycles. The van der Waals surface area contributed by atoms with Crippen LogP contribution in [0.15, 0.2) is 57.5 Å². The van der Waals surface area contributed by atoms with Crippen LogP contribution in [0.2, 0.25) is 0 Å². The second kappa shape index (κ2) is 9.01. The third-order valence-corrected chi connectivity index (χ3v) is 4.80. The molecule has 0 spiro atoms. The fraction of sp³-hybridized carbons (Fsp3) is 0.286. The molecular formula is C21H22BrN3O3. The first kappa shape index (κ1) is 20.1. The topological polar surface area (TPSA) is 68.5 Å². The van der Waals surface area contributed by atoms with Crippen molar-refractivity contribution in [2.24, 2.45) is 0 Å². The van der Waals surface area contributed by atoms with E-state index in [0.29, 0.717) is 23.9 Å². The summed E-state index contributed by atoms with van der Waals surface area (Å²) in [6, 6.07) is 15.3. The van der Waals surface area contributed by atoms with Crippen molar-refractivity contribution in [3.05, 3.63) is 64.5 Å². The molecule has 0 aliphatic heterocycles. The summed E-state index contributed by atoms with van der Waals surface area (Å²) in [7, 11) is 1.70. The van der Waals surface area contributed by atoms with E-state index < -0.39 is 6.10 Å². The van der Waals surface area contributed by atoms with Crippen molar-refractivity contribution < 1.29 is 14.1 Å². The summed E-state index contributed by atoms with van der Waals surface area (Å²) in [4.78, 5) is 18.8. The number of ether oxygens (including phenoxy) is 1. The molecule has 0 aliphatic rings. The molecule has 2 aromatic carbocycles. The van der Waals surface area contributed by atoms with E-state index in [2.05, 4.69) is 26.1 Å². The minimum Gasteiger partial charge on any atom is -0.480 e. The van der Waals surface area contributed by atoms with Crippen molar-refractivity contribution in [1.29, 1.82) is 0 Å². The summed E-state index contributed by atoms with van der Waals surface area (Å²) in [5, 5.41) is 4.01. The molecule has 146 valence electrons. The van der Waals surface area contributed by atoms with Gasteiger partial charge in [0, 0.05) is 17.1 Å². The zero-order valence-electron chi connectivity index (χ0n) is 16.1. The van der Waals surface area contributed by atoms with E-state index in [1.807, 2.05) is 62.4 Å². The van der Waals surface area contributed by atoms with Crippen LogP contribution in [-0.4, -0.2) is 34.1 Å². The normalized spacial score (nSPS) is 11.9. The summed E-state index contributed by atoms with van der Waals surface area (Å²) in [5.74, 6) is 1.44. The largest absolute Gasteiger partial charge is 0.480 e. The number of halogens is 1. The summed E-state index contributed by atoms with van der Waals surface area (Å²) in [6.45, 7) is 4.10.